The summed E-state index contributed by atoms with van der Waals surface area (Å²) in [6, 6.07) is 5.39. The number of aromatic nitrogens is 1. The smallest absolute Gasteiger partial charge is 0.127 e. The van der Waals surface area contributed by atoms with Gasteiger partial charge in [-0.2, -0.15) is 0 Å². The van der Waals surface area contributed by atoms with Crippen molar-refractivity contribution in [2.45, 2.75) is 26.3 Å². The van der Waals surface area contributed by atoms with Gasteiger partial charge in [-0.15, -0.1) is 11.3 Å². The Morgan fingerprint density at radius 1 is 1.30 bits per heavy atom. The third kappa shape index (κ3) is 2.78. The van der Waals surface area contributed by atoms with Crippen LogP contribution in [0.4, 0.5) is 0 Å². The standard InChI is InChI=1S/C15H20N2O2S/c1-5-12-9(2)20-15(17-12)14(16)11-7-6-10(18-3)8-13(11)19-4/h6-8,14H,5,16H2,1-4H3. The molecule has 0 spiro atoms. The van der Waals surface area contributed by atoms with E-state index >= 15 is 0 Å². The van der Waals surface area contributed by atoms with Crippen LogP contribution in [-0.4, -0.2) is 19.2 Å². The van der Waals surface area contributed by atoms with Crippen LogP contribution in [0.5, 0.6) is 11.5 Å². The largest absolute Gasteiger partial charge is 0.497 e. The fraction of sp³-hybridized carbons (Fsp3) is 0.400. The molecule has 2 aromatic rings. The van der Waals surface area contributed by atoms with Crippen LogP contribution < -0.4 is 15.2 Å². The first-order valence-corrected chi connectivity index (χ1v) is 7.36. The lowest BCUT2D eigenvalue weighted by Gasteiger charge is -2.14. The minimum Gasteiger partial charge on any atom is -0.497 e. The topological polar surface area (TPSA) is 57.4 Å². The average Bonchev–Trinajstić information content (AvgIpc) is 2.86. The zero-order valence-corrected chi connectivity index (χ0v) is 13.1. The number of ether oxygens (including phenoxy) is 2. The van der Waals surface area contributed by atoms with Crippen molar-refractivity contribution in [1.29, 1.82) is 0 Å². The predicted octanol–water partition coefficient (Wildman–Crippen LogP) is 3.08. The molecule has 108 valence electrons. The molecule has 1 aromatic carbocycles. The van der Waals surface area contributed by atoms with Gasteiger partial charge < -0.3 is 15.2 Å². The normalized spacial score (nSPS) is 12.2. The molecule has 4 nitrogen and oxygen atoms in total. The average molecular weight is 292 g/mol. The van der Waals surface area contributed by atoms with E-state index in [0.29, 0.717) is 0 Å². The third-order valence-corrected chi connectivity index (χ3v) is 4.38. The van der Waals surface area contributed by atoms with Crippen LogP contribution >= 0.6 is 11.3 Å². The molecule has 0 aliphatic carbocycles. The molecule has 0 aliphatic rings. The first kappa shape index (κ1) is 14.8. The highest BCUT2D eigenvalue weighted by Gasteiger charge is 2.19. The fourth-order valence-electron chi connectivity index (χ4n) is 2.12. The maximum atomic E-state index is 6.35. The molecule has 5 heteroatoms. The van der Waals surface area contributed by atoms with E-state index in [9.17, 15) is 0 Å². The van der Waals surface area contributed by atoms with Crippen LogP contribution in [0.1, 0.15) is 34.1 Å². The number of aryl methyl sites for hydroxylation is 2. The van der Waals surface area contributed by atoms with E-state index in [1.807, 2.05) is 18.2 Å². The van der Waals surface area contributed by atoms with Gasteiger partial charge in [-0.25, -0.2) is 4.98 Å². The highest BCUT2D eigenvalue weighted by Crippen LogP contribution is 2.34. The Morgan fingerprint density at radius 3 is 2.60 bits per heavy atom. The van der Waals surface area contributed by atoms with E-state index in [-0.39, 0.29) is 6.04 Å². The predicted molar refractivity (Wildman–Crippen MR) is 81.8 cm³/mol. The van der Waals surface area contributed by atoms with Gasteiger partial charge in [-0.1, -0.05) is 6.92 Å². The maximum Gasteiger partial charge on any atom is 0.127 e. The number of hydrogen-bond donors (Lipinski definition) is 1. The molecule has 1 aromatic heterocycles. The van der Waals surface area contributed by atoms with E-state index in [4.69, 9.17) is 15.2 Å². The van der Waals surface area contributed by atoms with Gasteiger partial charge in [0.2, 0.25) is 0 Å². The lowest BCUT2D eigenvalue weighted by atomic mass is 10.1. The first-order chi connectivity index (χ1) is 9.60. The number of nitrogens with zero attached hydrogens (tertiary/aromatic N) is 1. The van der Waals surface area contributed by atoms with E-state index in [0.717, 1.165) is 34.2 Å². The number of thiazole rings is 1. The lowest BCUT2D eigenvalue weighted by Crippen LogP contribution is -2.13. The number of benzene rings is 1. The summed E-state index contributed by atoms with van der Waals surface area (Å²) in [7, 11) is 3.27. The van der Waals surface area contributed by atoms with E-state index in [2.05, 4.69) is 18.8 Å². The van der Waals surface area contributed by atoms with Gasteiger partial charge in [0, 0.05) is 16.5 Å². The summed E-state index contributed by atoms with van der Waals surface area (Å²) in [5.41, 5.74) is 8.39. The van der Waals surface area contributed by atoms with Gasteiger partial charge in [0.1, 0.15) is 16.5 Å². The molecule has 2 N–H and O–H groups in total. The van der Waals surface area contributed by atoms with Crippen LogP contribution in [0.2, 0.25) is 0 Å². The highest BCUT2D eigenvalue weighted by molar-refractivity contribution is 7.11. The molecule has 2 rings (SSSR count). The quantitative estimate of drug-likeness (QED) is 0.920. The van der Waals surface area contributed by atoms with E-state index < -0.39 is 0 Å². The molecule has 0 aliphatic heterocycles. The zero-order valence-electron chi connectivity index (χ0n) is 12.3. The Bertz CT molecular complexity index is 596. The van der Waals surface area contributed by atoms with Crippen molar-refractivity contribution in [1.82, 2.24) is 4.98 Å². The van der Waals surface area contributed by atoms with Gasteiger partial charge in [0.15, 0.2) is 0 Å². The SMILES string of the molecule is CCc1nc(C(N)c2ccc(OC)cc2OC)sc1C. The molecule has 0 radical (unpaired) electrons. The second-order valence-corrected chi connectivity index (χ2v) is 5.73. The molecule has 0 fully saturated rings. The molecule has 1 unspecified atom stereocenters. The zero-order chi connectivity index (χ0) is 14.7. The van der Waals surface area contributed by atoms with E-state index in [1.54, 1.807) is 25.6 Å². The van der Waals surface area contributed by atoms with Crippen LogP contribution in [0.15, 0.2) is 18.2 Å². The molecular formula is C15H20N2O2S. The minimum atomic E-state index is -0.278. The molecule has 0 saturated heterocycles. The molecular weight excluding hydrogens is 272 g/mol. The van der Waals surface area contributed by atoms with Gasteiger partial charge in [-0.05, 0) is 25.5 Å². The van der Waals surface area contributed by atoms with E-state index in [1.165, 1.54) is 4.88 Å². The van der Waals surface area contributed by atoms with Gasteiger partial charge >= 0.3 is 0 Å². The Labute approximate surface area is 123 Å². The molecule has 1 heterocycles. The van der Waals surface area contributed by atoms with Crippen molar-refractivity contribution in [3.63, 3.8) is 0 Å². The summed E-state index contributed by atoms with van der Waals surface area (Å²) in [5.74, 6) is 1.48. The Kier molecular flexibility index (Phi) is 4.62. The molecule has 1 atom stereocenters. The molecule has 20 heavy (non-hydrogen) atoms. The summed E-state index contributed by atoms with van der Waals surface area (Å²) >= 11 is 1.65. The minimum absolute atomic E-state index is 0.278. The second-order valence-electron chi connectivity index (χ2n) is 4.49. The Morgan fingerprint density at radius 2 is 2.05 bits per heavy atom. The molecule has 0 saturated carbocycles. The molecule has 0 amide bonds. The number of rotatable bonds is 5. The number of nitrogens with two attached hydrogens (primary N) is 1. The second kappa shape index (κ2) is 6.24. The number of hydrogen-bond acceptors (Lipinski definition) is 5. The third-order valence-electron chi connectivity index (χ3n) is 3.29. The van der Waals surface area contributed by atoms with Crippen LogP contribution in [-0.2, 0) is 6.42 Å². The number of methoxy groups -OCH3 is 2. The van der Waals surface area contributed by atoms with Crippen molar-refractivity contribution in [2.24, 2.45) is 5.73 Å². The highest BCUT2D eigenvalue weighted by atomic mass is 32.1. The summed E-state index contributed by atoms with van der Waals surface area (Å²) in [6.07, 6.45) is 0.925. The first-order valence-electron chi connectivity index (χ1n) is 6.54. The Hall–Kier alpha value is -1.59. The van der Waals surface area contributed by atoms with Gasteiger partial charge in [-0.3, -0.25) is 0 Å². The van der Waals surface area contributed by atoms with Gasteiger partial charge in [0.05, 0.1) is 26.0 Å². The maximum absolute atomic E-state index is 6.35. The summed E-state index contributed by atoms with van der Waals surface area (Å²) in [4.78, 5) is 5.86. The summed E-state index contributed by atoms with van der Waals surface area (Å²) in [5, 5.41) is 0.919. The van der Waals surface area contributed by atoms with Crippen molar-refractivity contribution in [3.05, 3.63) is 39.3 Å². The summed E-state index contributed by atoms with van der Waals surface area (Å²) < 4.78 is 10.6. The van der Waals surface area contributed by atoms with Crippen molar-refractivity contribution in [3.8, 4) is 11.5 Å². The van der Waals surface area contributed by atoms with Crippen molar-refractivity contribution in [2.75, 3.05) is 14.2 Å². The lowest BCUT2D eigenvalue weighted by molar-refractivity contribution is 0.390. The monoisotopic (exact) mass is 292 g/mol. The van der Waals surface area contributed by atoms with Gasteiger partial charge in [0.25, 0.3) is 0 Å². The van der Waals surface area contributed by atoms with Crippen molar-refractivity contribution >= 4 is 11.3 Å². The van der Waals surface area contributed by atoms with Crippen LogP contribution in [0.25, 0.3) is 0 Å². The fourth-order valence-corrected chi connectivity index (χ4v) is 3.15. The van der Waals surface area contributed by atoms with Crippen LogP contribution in [0.3, 0.4) is 0 Å². The summed E-state index contributed by atoms with van der Waals surface area (Å²) in [6.45, 7) is 4.18. The van der Waals surface area contributed by atoms with Crippen LogP contribution in [0, 0.1) is 6.92 Å². The Balaban J connectivity index is 2.38. The molecule has 0 bridgehead atoms. The van der Waals surface area contributed by atoms with Crippen molar-refractivity contribution < 1.29 is 9.47 Å².